The number of aliphatic hydroxyl groups excluding tert-OH is 1. The van der Waals surface area contributed by atoms with Gasteiger partial charge in [0, 0.05) is 11.8 Å². The molecule has 26 heavy (non-hydrogen) atoms. The predicted octanol–water partition coefficient (Wildman–Crippen LogP) is 4.59. The van der Waals surface area contributed by atoms with E-state index in [0.717, 1.165) is 51.4 Å². The summed E-state index contributed by atoms with van der Waals surface area (Å²) in [5, 5.41) is 19.4. The summed E-state index contributed by atoms with van der Waals surface area (Å²) in [5.74, 6) is 2.97. The molecule has 1 aromatic rings. The Labute approximate surface area is 156 Å². The van der Waals surface area contributed by atoms with Gasteiger partial charge in [-0.25, -0.2) is 0 Å². The average molecular weight is 357 g/mol. The molecule has 0 bridgehead atoms. The van der Waals surface area contributed by atoms with Crippen molar-refractivity contribution in [3.05, 3.63) is 29.3 Å². The Morgan fingerprint density at radius 1 is 1.31 bits per heavy atom. The van der Waals surface area contributed by atoms with E-state index in [1.807, 2.05) is 19.1 Å². The van der Waals surface area contributed by atoms with E-state index in [-0.39, 0.29) is 11.5 Å². The van der Waals surface area contributed by atoms with Crippen LogP contribution < -0.4 is 0 Å². The van der Waals surface area contributed by atoms with Crippen molar-refractivity contribution in [1.29, 1.82) is 0 Å². The second kappa shape index (κ2) is 6.67. The summed E-state index contributed by atoms with van der Waals surface area (Å²) in [6, 6.07) is 5.90. The number of hydrogen-bond donors (Lipinski definition) is 2. The first kappa shape index (κ1) is 18.0. The Morgan fingerprint density at radius 3 is 2.88 bits per heavy atom. The summed E-state index contributed by atoms with van der Waals surface area (Å²) in [4.78, 5) is 12.9. The van der Waals surface area contributed by atoms with Crippen molar-refractivity contribution >= 4 is 5.78 Å². The van der Waals surface area contributed by atoms with Gasteiger partial charge in [-0.15, -0.1) is 0 Å². The normalized spacial score (nSPS) is 37.0. The predicted molar refractivity (Wildman–Crippen MR) is 102 cm³/mol. The van der Waals surface area contributed by atoms with Crippen LogP contribution in [-0.4, -0.2) is 22.1 Å². The van der Waals surface area contributed by atoms with E-state index in [9.17, 15) is 15.0 Å². The van der Waals surface area contributed by atoms with E-state index in [1.54, 1.807) is 0 Å². The van der Waals surface area contributed by atoms with Crippen LogP contribution in [0, 0.1) is 23.2 Å². The van der Waals surface area contributed by atoms with Crippen LogP contribution in [0.2, 0.25) is 0 Å². The lowest BCUT2D eigenvalue weighted by Crippen LogP contribution is -2.44. The minimum absolute atomic E-state index is 0.134. The van der Waals surface area contributed by atoms with Gasteiger partial charge in [0.15, 0.2) is 0 Å². The van der Waals surface area contributed by atoms with Crippen molar-refractivity contribution in [1.82, 2.24) is 0 Å². The van der Waals surface area contributed by atoms with Gasteiger partial charge in [-0.1, -0.05) is 19.4 Å². The summed E-state index contributed by atoms with van der Waals surface area (Å²) < 4.78 is 0. The number of Topliss-reactive ketones (excluding diaryl/α,β-unsaturated/α-hetero) is 1. The Hall–Kier alpha value is -1.35. The van der Waals surface area contributed by atoms with Crippen LogP contribution in [0.4, 0.5) is 0 Å². The fourth-order valence-corrected chi connectivity index (χ4v) is 6.57. The first-order valence-corrected chi connectivity index (χ1v) is 10.4. The molecule has 2 fully saturated rings. The second-order valence-corrected chi connectivity index (χ2v) is 9.34. The van der Waals surface area contributed by atoms with Gasteiger partial charge in [0.1, 0.15) is 11.5 Å². The van der Waals surface area contributed by atoms with Crippen molar-refractivity contribution in [2.45, 2.75) is 77.2 Å². The number of rotatable bonds is 4. The standard InChI is InChI=1S/C23H32O3/c1-14(24)4-3-5-16-13-21(26)23(2)11-10-19-18-9-7-17(25)12-15(18)6-8-20(19)22(16)23/h7,9,12,14,16,19-20,22,24-25H,3-6,8,10-11,13H2,1-2H3/t14?,16-,19-,20-,22+,23-/m1/s1. The minimum Gasteiger partial charge on any atom is -0.508 e. The highest BCUT2D eigenvalue weighted by molar-refractivity contribution is 5.87. The number of carbonyl (C=O) groups excluding carboxylic acids is 1. The molecule has 1 unspecified atom stereocenters. The zero-order valence-electron chi connectivity index (χ0n) is 16.1. The first-order valence-electron chi connectivity index (χ1n) is 10.4. The van der Waals surface area contributed by atoms with Crippen LogP contribution >= 0.6 is 0 Å². The molecular weight excluding hydrogens is 324 g/mol. The molecule has 0 heterocycles. The fourth-order valence-electron chi connectivity index (χ4n) is 6.57. The molecule has 3 aliphatic rings. The molecule has 3 heteroatoms. The van der Waals surface area contributed by atoms with Crippen LogP contribution in [0.5, 0.6) is 5.75 Å². The zero-order valence-corrected chi connectivity index (χ0v) is 16.1. The maximum absolute atomic E-state index is 12.9. The number of aryl methyl sites for hydroxylation is 1. The largest absolute Gasteiger partial charge is 0.508 e. The third kappa shape index (κ3) is 2.89. The summed E-state index contributed by atoms with van der Waals surface area (Å²) in [6.07, 6.45) is 7.69. The van der Waals surface area contributed by atoms with E-state index < -0.39 is 0 Å². The number of hydrogen-bond acceptors (Lipinski definition) is 3. The van der Waals surface area contributed by atoms with E-state index in [4.69, 9.17) is 0 Å². The van der Waals surface area contributed by atoms with Crippen molar-refractivity contribution in [3.63, 3.8) is 0 Å². The van der Waals surface area contributed by atoms with Gasteiger partial charge in [-0.2, -0.15) is 0 Å². The van der Waals surface area contributed by atoms with Gasteiger partial charge < -0.3 is 10.2 Å². The number of phenols is 1. The number of phenolic OH excluding ortho intramolecular Hbond substituents is 1. The van der Waals surface area contributed by atoms with Gasteiger partial charge in [0.2, 0.25) is 0 Å². The Bertz CT molecular complexity index is 695. The van der Waals surface area contributed by atoms with Crippen molar-refractivity contribution < 1.29 is 15.0 Å². The molecule has 6 atom stereocenters. The molecule has 4 rings (SSSR count). The fraction of sp³-hybridized carbons (Fsp3) is 0.696. The molecule has 2 saturated carbocycles. The smallest absolute Gasteiger partial charge is 0.139 e. The Kier molecular flexibility index (Phi) is 4.63. The molecule has 0 amide bonds. The second-order valence-electron chi connectivity index (χ2n) is 9.34. The molecule has 0 aliphatic heterocycles. The minimum atomic E-state index is -0.244. The lowest BCUT2D eigenvalue weighted by molar-refractivity contribution is -0.129. The highest BCUT2D eigenvalue weighted by Crippen LogP contribution is 2.62. The maximum Gasteiger partial charge on any atom is 0.139 e. The monoisotopic (exact) mass is 356 g/mol. The molecule has 0 radical (unpaired) electrons. The highest BCUT2D eigenvalue weighted by atomic mass is 16.3. The van der Waals surface area contributed by atoms with Crippen LogP contribution in [0.1, 0.15) is 75.8 Å². The zero-order chi connectivity index (χ0) is 18.5. The molecule has 0 aromatic heterocycles. The van der Waals surface area contributed by atoms with Crippen molar-refractivity contribution in [2.75, 3.05) is 0 Å². The third-order valence-corrected chi connectivity index (χ3v) is 7.75. The molecule has 2 N–H and O–H groups in total. The summed E-state index contributed by atoms with van der Waals surface area (Å²) in [5.41, 5.74) is 2.60. The number of fused-ring (bicyclic) bond motifs is 5. The van der Waals surface area contributed by atoms with E-state index in [0.29, 0.717) is 35.2 Å². The van der Waals surface area contributed by atoms with Gasteiger partial charge in [-0.05, 0) is 92.4 Å². The van der Waals surface area contributed by atoms with Crippen LogP contribution in [-0.2, 0) is 11.2 Å². The molecule has 3 nitrogen and oxygen atoms in total. The number of aromatic hydroxyl groups is 1. The Morgan fingerprint density at radius 2 is 2.12 bits per heavy atom. The maximum atomic E-state index is 12.9. The van der Waals surface area contributed by atoms with Gasteiger partial charge >= 0.3 is 0 Å². The molecule has 3 aliphatic carbocycles. The number of benzene rings is 1. The first-order chi connectivity index (χ1) is 12.4. The molecule has 1 aromatic carbocycles. The van der Waals surface area contributed by atoms with E-state index in [1.165, 1.54) is 11.1 Å². The summed E-state index contributed by atoms with van der Waals surface area (Å²) >= 11 is 0. The summed E-state index contributed by atoms with van der Waals surface area (Å²) in [7, 11) is 0. The molecular formula is C23H32O3. The lowest BCUT2D eigenvalue weighted by atomic mass is 9.54. The molecule has 0 saturated heterocycles. The van der Waals surface area contributed by atoms with Crippen LogP contribution in [0.25, 0.3) is 0 Å². The Balaban J connectivity index is 1.60. The van der Waals surface area contributed by atoms with Gasteiger partial charge in [-0.3, -0.25) is 4.79 Å². The van der Waals surface area contributed by atoms with Gasteiger partial charge in [0.25, 0.3) is 0 Å². The molecule has 0 spiro atoms. The topological polar surface area (TPSA) is 57.5 Å². The summed E-state index contributed by atoms with van der Waals surface area (Å²) in [6.45, 7) is 4.09. The van der Waals surface area contributed by atoms with Crippen LogP contribution in [0.15, 0.2) is 18.2 Å². The number of aliphatic hydroxyl groups is 1. The third-order valence-electron chi connectivity index (χ3n) is 7.75. The van der Waals surface area contributed by atoms with E-state index in [2.05, 4.69) is 13.0 Å². The average Bonchev–Trinajstić information content (AvgIpc) is 2.85. The van der Waals surface area contributed by atoms with Gasteiger partial charge in [0.05, 0.1) is 6.10 Å². The van der Waals surface area contributed by atoms with Crippen molar-refractivity contribution in [3.8, 4) is 5.75 Å². The number of ketones is 1. The quantitative estimate of drug-likeness (QED) is 0.829. The van der Waals surface area contributed by atoms with Crippen LogP contribution in [0.3, 0.4) is 0 Å². The lowest BCUT2D eigenvalue weighted by Gasteiger charge is -2.50. The molecule has 142 valence electrons. The van der Waals surface area contributed by atoms with E-state index >= 15 is 0 Å². The SMILES string of the molecule is CC(O)CCC[C@@H]1CC(=O)[C@@]2(C)CC[C@@H]3c4ccc(O)cc4CC[C@H]3[C@H]12. The highest BCUT2D eigenvalue weighted by Gasteiger charge is 2.58. The van der Waals surface area contributed by atoms with Crippen molar-refractivity contribution in [2.24, 2.45) is 23.2 Å². The number of carbonyl (C=O) groups is 1.